The first-order chi connectivity index (χ1) is 6.16. The molecule has 2 saturated heterocycles. The Morgan fingerprint density at radius 1 is 1.69 bits per heavy atom. The first-order valence-corrected chi connectivity index (χ1v) is 4.34. The summed E-state index contributed by atoms with van der Waals surface area (Å²) in [7, 11) is 0. The van der Waals surface area contributed by atoms with Crippen LogP contribution in [0.5, 0.6) is 0 Å². The zero-order chi connectivity index (χ0) is 9.42. The van der Waals surface area contributed by atoms with Crippen molar-refractivity contribution >= 4 is 12.1 Å². The Kier molecular flexibility index (Phi) is 1.86. The topological polar surface area (TPSA) is 66.8 Å². The number of aliphatic carboxylic acids is 1. The first kappa shape index (κ1) is 8.34. The zero-order valence-electron chi connectivity index (χ0n) is 7.10. The van der Waals surface area contributed by atoms with E-state index in [0.29, 0.717) is 13.1 Å². The van der Waals surface area contributed by atoms with Crippen molar-refractivity contribution in [3.63, 3.8) is 0 Å². The standard InChI is InChI=1S/C8H11NO4/c10-7(11)3-5-1-2-9-4-6(5)13-8(9)12/h5-6H,1-4H2,(H,10,11). The Labute approximate surface area is 75.3 Å². The molecule has 2 aliphatic rings. The van der Waals surface area contributed by atoms with E-state index in [-0.39, 0.29) is 24.5 Å². The number of carbonyl (C=O) groups is 2. The third-order valence-corrected chi connectivity index (χ3v) is 2.64. The second-order valence-corrected chi connectivity index (χ2v) is 3.51. The van der Waals surface area contributed by atoms with Gasteiger partial charge in [0, 0.05) is 12.5 Å². The van der Waals surface area contributed by atoms with Crippen molar-refractivity contribution in [3.05, 3.63) is 0 Å². The normalized spacial score (nSPS) is 31.7. The molecule has 2 bridgehead atoms. The summed E-state index contributed by atoms with van der Waals surface area (Å²) < 4.78 is 5.02. The van der Waals surface area contributed by atoms with E-state index in [9.17, 15) is 9.59 Å². The van der Waals surface area contributed by atoms with Crippen LogP contribution >= 0.6 is 0 Å². The lowest BCUT2D eigenvalue weighted by Gasteiger charge is -2.25. The average molecular weight is 185 g/mol. The van der Waals surface area contributed by atoms with Crippen LogP contribution in [0.2, 0.25) is 0 Å². The third-order valence-electron chi connectivity index (χ3n) is 2.64. The summed E-state index contributed by atoms with van der Waals surface area (Å²) in [4.78, 5) is 23.1. The van der Waals surface area contributed by atoms with Crippen molar-refractivity contribution in [3.8, 4) is 0 Å². The number of piperidine rings is 1. The highest BCUT2D eigenvalue weighted by Gasteiger charge is 2.41. The van der Waals surface area contributed by atoms with Gasteiger partial charge in [-0.1, -0.05) is 0 Å². The number of carboxylic acid groups (broad SMARTS) is 1. The maximum atomic E-state index is 11.0. The smallest absolute Gasteiger partial charge is 0.410 e. The summed E-state index contributed by atoms with van der Waals surface area (Å²) in [6, 6.07) is 0. The molecule has 72 valence electrons. The molecule has 2 unspecified atom stereocenters. The van der Waals surface area contributed by atoms with E-state index in [4.69, 9.17) is 9.84 Å². The Bertz CT molecular complexity index is 253. The van der Waals surface area contributed by atoms with Crippen molar-refractivity contribution < 1.29 is 19.4 Å². The maximum Gasteiger partial charge on any atom is 0.410 e. The quantitative estimate of drug-likeness (QED) is 0.672. The maximum absolute atomic E-state index is 11.0. The molecule has 0 spiro atoms. The third kappa shape index (κ3) is 1.46. The van der Waals surface area contributed by atoms with Gasteiger partial charge < -0.3 is 14.7 Å². The number of hydrogen-bond donors (Lipinski definition) is 1. The lowest BCUT2D eigenvalue weighted by atomic mass is 9.92. The average Bonchev–Trinajstić information content (AvgIpc) is 2.34. The van der Waals surface area contributed by atoms with Gasteiger partial charge in [0.25, 0.3) is 0 Å². The van der Waals surface area contributed by atoms with Crippen molar-refractivity contribution in [1.82, 2.24) is 4.90 Å². The van der Waals surface area contributed by atoms with Crippen molar-refractivity contribution in [1.29, 1.82) is 0 Å². The van der Waals surface area contributed by atoms with Crippen LogP contribution in [-0.2, 0) is 9.53 Å². The molecule has 5 nitrogen and oxygen atoms in total. The molecular weight excluding hydrogens is 174 g/mol. The monoisotopic (exact) mass is 185 g/mol. The molecule has 2 atom stereocenters. The molecule has 0 radical (unpaired) electrons. The van der Waals surface area contributed by atoms with Crippen LogP contribution in [-0.4, -0.2) is 41.3 Å². The van der Waals surface area contributed by atoms with Gasteiger partial charge in [0.1, 0.15) is 6.10 Å². The Morgan fingerprint density at radius 2 is 2.46 bits per heavy atom. The summed E-state index contributed by atoms with van der Waals surface area (Å²) >= 11 is 0. The zero-order valence-corrected chi connectivity index (χ0v) is 7.10. The van der Waals surface area contributed by atoms with Gasteiger partial charge in [-0.3, -0.25) is 4.79 Å². The van der Waals surface area contributed by atoms with Crippen LogP contribution in [0.25, 0.3) is 0 Å². The summed E-state index contributed by atoms with van der Waals surface area (Å²) in [6.45, 7) is 1.20. The van der Waals surface area contributed by atoms with E-state index < -0.39 is 5.97 Å². The molecule has 1 amide bonds. The van der Waals surface area contributed by atoms with Crippen LogP contribution in [0.1, 0.15) is 12.8 Å². The number of carbonyl (C=O) groups excluding carboxylic acids is 1. The molecule has 0 aromatic carbocycles. The van der Waals surface area contributed by atoms with Gasteiger partial charge in [-0.05, 0) is 6.42 Å². The molecule has 2 fully saturated rings. The molecule has 5 heteroatoms. The van der Waals surface area contributed by atoms with Gasteiger partial charge in [0.2, 0.25) is 0 Å². The second-order valence-electron chi connectivity index (χ2n) is 3.51. The highest BCUT2D eigenvalue weighted by molar-refractivity contribution is 5.71. The second kappa shape index (κ2) is 2.90. The number of fused-ring (bicyclic) bond motifs is 2. The molecule has 2 rings (SSSR count). The van der Waals surface area contributed by atoms with Crippen LogP contribution < -0.4 is 0 Å². The molecule has 13 heavy (non-hydrogen) atoms. The minimum Gasteiger partial charge on any atom is -0.481 e. The lowest BCUT2D eigenvalue weighted by Crippen LogP contribution is -2.37. The Morgan fingerprint density at radius 3 is 3.15 bits per heavy atom. The number of ether oxygens (including phenoxy) is 1. The molecule has 1 N–H and O–H groups in total. The Hall–Kier alpha value is -1.26. The number of carboxylic acids is 1. The fraction of sp³-hybridized carbons (Fsp3) is 0.750. The molecular formula is C8H11NO4. The van der Waals surface area contributed by atoms with Crippen molar-refractivity contribution in [2.75, 3.05) is 13.1 Å². The molecule has 0 aromatic rings. The fourth-order valence-corrected chi connectivity index (χ4v) is 1.93. The highest BCUT2D eigenvalue weighted by atomic mass is 16.6. The molecule has 0 saturated carbocycles. The van der Waals surface area contributed by atoms with Crippen LogP contribution in [0.3, 0.4) is 0 Å². The van der Waals surface area contributed by atoms with E-state index in [1.54, 1.807) is 4.90 Å². The van der Waals surface area contributed by atoms with Crippen LogP contribution in [0.15, 0.2) is 0 Å². The molecule has 2 aliphatic heterocycles. The minimum atomic E-state index is -0.818. The first-order valence-electron chi connectivity index (χ1n) is 4.34. The molecule has 2 heterocycles. The van der Waals surface area contributed by atoms with Gasteiger partial charge in [-0.15, -0.1) is 0 Å². The van der Waals surface area contributed by atoms with Crippen molar-refractivity contribution in [2.45, 2.75) is 18.9 Å². The van der Waals surface area contributed by atoms with E-state index in [0.717, 1.165) is 6.42 Å². The predicted molar refractivity (Wildman–Crippen MR) is 42.2 cm³/mol. The van der Waals surface area contributed by atoms with E-state index >= 15 is 0 Å². The van der Waals surface area contributed by atoms with Gasteiger partial charge in [0.15, 0.2) is 0 Å². The summed E-state index contributed by atoms with van der Waals surface area (Å²) in [6.07, 6.45) is 0.351. The number of hydrogen-bond acceptors (Lipinski definition) is 3. The van der Waals surface area contributed by atoms with E-state index in [2.05, 4.69) is 0 Å². The SMILES string of the molecule is O=C(O)CC1CCN2CC1OC2=O. The number of amides is 1. The molecule has 0 aromatic heterocycles. The van der Waals surface area contributed by atoms with E-state index in [1.165, 1.54) is 0 Å². The van der Waals surface area contributed by atoms with Gasteiger partial charge >= 0.3 is 12.1 Å². The Balaban J connectivity index is 2.01. The summed E-state index contributed by atoms with van der Waals surface area (Å²) in [5, 5.41) is 8.60. The van der Waals surface area contributed by atoms with Crippen molar-refractivity contribution in [2.24, 2.45) is 5.92 Å². The largest absolute Gasteiger partial charge is 0.481 e. The van der Waals surface area contributed by atoms with Crippen LogP contribution in [0, 0.1) is 5.92 Å². The van der Waals surface area contributed by atoms with Crippen LogP contribution in [0.4, 0.5) is 4.79 Å². The predicted octanol–water partition coefficient (Wildman–Crippen LogP) is 0.302. The number of rotatable bonds is 2. The van der Waals surface area contributed by atoms with Gasteiger partial charge in [-0.25, -0.2) is 4.79 Å². The van der Waals surface area contributed by atoms with Gasteiger partial charge in [-0.2, -0.15) is 0 Å². The lowest BCUT2D eigenvalue weighted by molar-refractivity contribution is -0.139. The summed E-state index contributed by atoms with van der Waals surface area (Å²) in [5.41, 5.74) is 0. The fourth-order valence-electron chi connectivity index (χ4n) is 1.93. The van der Waals surface area contributed by atoms with E-state index in [1.807, 2.05) is 0 Å². The number of nitrogens with zero attached hydrogens (tertiary/aromatic N) is 1. The minimum absolute atomic E-state index is 0.000185. The van der Waals surface area contributed by atoms with Gasteiger partial charge in [0.05, 0.1) is 13.0 Å². The summed E-state index contributed by atoms with van der Waals surface area (Å²) in [5.74, 6) is -0.818. The highest BCUT2D eigenvalue weighted by Crippen LogP contribution is 2.29. The molecule has 0 aliphatic carbocycles.